The van der Waals surface area contributed by atoms with E-state index >= 15 is 0 Å². The van der Waals surface area contributed by atoms with Crippen molar-refractivity contribution in [3.63, 3.8) is 0 Å². The minimum absolute atomic E-state index is 0.0303. The highest BCUT2D eigenvalue weighted by Crippen LogP contribution is 2.30. The molecule has 190 valence electrons. The topological polar surface area (TPSA) is 75.7 Å². The van der Waals surface area contributed by atoms with Crippen LogP contribution in [-0.2, 0) is 23.1 Å². The third-order valence-corrected chi connectivity index (χ3v) is 8.05. The van der Waals surface area contributed by atoms with E-state index in [1.807, 2.05) is 30.3 Å². The average Bonchev–Trinajstić information content (AvgIpc) is 2.91. The summed E-state index contributed by atoms with van der Waals surface area (Å²) in [6.45, 7) is 0.176. The maximum absolute atomic E-state index is 13.9. The molecule has 1 amide bonds. The first-order valence-corrected chi connectivity index (χ1v) is 13.5. The maximum Gasteiger partial charge on any atom is 0.264 e. The molecule has 0 spiro atoms. The minimum Gasteiger partial charge on any atom is -0.497 e. The van der Waals surface area contributed by atoms with Crippen molar-refractivity contribution < 1.29 is 17.9 Å². The van der Waals surface area contributed by atoms with Crippen LogP contribution in [0.4, 0.5) is 5.69 Å². The molecular formula is C28H24Cl2N2O4S. The Hall–Kier alpha value is -3.52. The maximum atomic E-state index is 13.9. The normalized spacial score (nSPS) is 11.1. The highest BCUT2D eigenvalue weighted by molar-refractivity contribution is 7.92. The predicted octanol–water partition coefficient (Wildman–Crippen LogP) is 6.33. The molecule has 0 radical (unpaired) electrons. The molecule has 0 aliphatic carbocycles. The van der Waals surface area contributed by atoms with Gasteiger partial charge < -0.3 is 10.1 Å². The molecule has 1 N–H and O–H groups in total. The van der Waals surface area contributed by atoms with Crippen LogP contribution in [-0.4, -0.2) is 21.4 Å². The smallest absolute Gasteiger partial charge is 0.264 e. The van der Waals surface area contributed by atoms with Gasteiger partial charge in [0.25, 0.3) is 15.9 Å². The van der Waals surface area contributed by atoms with E-state index in [9.17, 15) is 13.2 Å². The van der Waals surface area contributed by atoms with E-state index in [0.717, 1.165) is 5.56 Å². The molecule has 6 nitrogen and oxygen atoms in total. The van der Waals surface area contributed by atoms with Gasteiger partial charge in [-0.25, -0.2) is 8.42 Å². The van der Waals surface area contributed by atoms with Gasteiger partial charge in [-0.15, -0.1) is 0 Å². The second-order valence-electron chi connectivity index (χ2n) is 8.11. The Bertz CT molecular complexity index is 1490. The van der Waals surface area contributed by atoms with Crippen LogP contribution in [0.5, 0.6) is 5.75 Å². The van der Waals surface area contributed by atoms with Crippen LogP contribution >= 0.6 is 23.2 Å². The summed E-state index contributed by atoms with van der Waals surface area (Å²) in [4.78, 5) is 13.4. The van der Waals surface area contributed by atoms with Crippen molar-refractivity contribution in [2.45, 2.75) is 18.0 Å². The Kier molecular flexibility index (Phi) is 8.38. The van der Waals surface area contributed by atoms with Crippen molar-refractivity contribution in [2.24, 2.45) is 0 Å². The summed E-state index contributed by atoms with van der Waals surface area (Å²) in [5.74, 6) is 0.0961. The summed E-state index contributed by atoms with van der Waals surface area (Å²) in [5, 5.41) is 3.75. The zero-order valence-corrected chi connectivity index (χ0v) is 22.2. The zero-order valence-electron chi connectivity index (χ0n) is 19.9. The second kappa shape index (κ2) is 11.7. The Morgan fingerprint density at radius 1 is 0.892 bits per heavy atom. The fourth-order valence-electron chi connectivity index (χ4n) is 3.74. The van der Waals surface area contributed by atoms with Crippen LogP contribution in [0.2, 0.25) is 10.0 Å². The van der Waals surface area contributed by atoms with Gasteiger partial charge in [0, 0.05) is 16.6 Å². The minimum atomic E-state index is -4.05. The van der Waals surface area contributed by atoms with Crippen LogP contribution in [0.1, 0.15) is 21.5 Å². The van der Waals surface area contributed by atoms with Crippen LogP contribution in [0.15, 0.2) is 102 Å². The molecule has 0 fully saturated rings. The lowest BCUT2D eigenvalue weighted by molar-refractivity contribution is 0.0951. The lowest BCUT2D eigenvalue weighted by Crippen LogP contribution is -2.33. The number of para-hydroxylation sites is 1. The average molecular weight is 555 g/mol. The Balaban J connectivity index is 1.71. The quantitative estimate of drug-likeness (QED) is 0.262. The number of amides is 1. The van der Waals surface area contributed by atoms with Crippen LogP contribution in [0.25, 0.3) is 0 Å². The highest BCUT2D eigenvalue weighted by Gasteiger charge is 2.28. The number of carbonyl (C=O) groups excluding carboxylic acids is 1. The van der Waals surface area contributed by atoms with Gasteiger partial charge in [0.2, 0.25) is 0 Å². The molecule has 0 unspecified atom stereocenters. The van der Waals surface area contributed by atoms with Crippen molar-refractivity contribution in [3.8, 4) is 5.75 Å². The van der Waals surface area contributed by atoms with E-state index in [1.54, 1.807) is 54.6 Å². The number of ether oxygens (including phenoxy) is 1. The number of hydrogen-bond donors (Lipinski definition) is 1. The molecule has 4 rings (SSSR count). The van der Waals surface area contributed by atoms with E-state index in [0.29, 0.717) is 21.4 Å². The number of rotatable bonds is 9. The summed E-state index contributed by atoms with van der Waals surface area (Å²) >= 11 is 12.2. The van der Waals surface area contributed by atoms with E-state index < -0.39 is 15.9 Å². The van der Waals surface area contributed by atoms with Gasteiger partial charge in [-0.2, -0.15) is 0 Å². The molecular weight excluding hydrogens is 531 g/mol. The first kappa shape index (κ1) is 26.5. The van der Waals surface area contributed by atoms with E-state index in [4.69, 9.17) is 27.9 Å². The number of carbonyl (C=O) groups is 1. The molecule has 0 atom stereocenters. The van der Waals surface area contributed by atoms with Crippen LogP contribution in [0.3, 0.4) is 0 Å². The van der Waals surface area contributed by atoms with Gasteiger partial charge in [0.1, 0.15) is 5.75 Å². The van der Waals surface area contributed by atoms with Gasteiger partial charge in [0.05, 0.1) is 29.8 Å². The number of sulfonamides is 1. The third kappa shape index (κ3) is 6.25. The van der Waals surface area contributed by atoms with Gasteiger partial charge in [-0.3, -0.25) is 9.10 Å². The molecule has 37 heavy (non-hydrogen) atoms. The molecule has 0 saturated carbocycles. The molecule has 0 aliphatic heterocycles. The number of anilines is 1. The number of benzene rings is 4. The second-order valence-corrected chi connectivity index (χ2v) is 10.8. The fraction of sp³-hybridized carbons (Fsp3) is 0.107. The Morgan fingerprint density at radius 3 is 2.24 bits per heavy atom. The SMILES string of the molecule is COc1ccc(S(=O)(=O)N(Cc2ccccc2)c2ccccc2C(=O)NCc2ccc(Cl)cc2Cl)cc1. The van der Waals surface area contributed by atoms with E-state index in [2.05, 4.69) is 5.32 Å². The van der Waals surface area contributed by atoms with Gasteiger partial charge in [-0.05, 0) is 59.7 Å². The number of methoxy groups -OCH3 is 1. The van der Waals surface area contributed by atoms with Gasteiger partial charge >= 0.3 is 0 Å². The van der Waals surface area contributed by atoms with Gasteiger partial charge in [-0.1, -0.05) is 71.7 Å². The Labute approximate surface area is 226 Å². The number of nitrogens with one attached hydrogen (secondary N) is 1. The zero-order chi connectivity index (χ0) is 26.4. The van der Waals surface area contributed by atoms with Crippen molar-refractivity contribution in [1.82, 2.24) is 5.32 Å². The first-order valence-electron chi connectivity index (χ1n) is 11.3. The van der Waals surface area contributed by atoms with Crippen LogP contribution < -0.4 is 14.4 Å². The largest absolute Gasteiger partial charge is 0.497 e. The molecule has 0 heterocycles. The fourth-order valence-corrected chi connectivity index (χ4v) is 5.69. The van der Waals surface area contributed by atoms with E-state index in [1.165, 1.54) is 23.5 Å². The molecule has 0 bridgehead atoms. The molecule has 0 aromatic heterocycles. The molecule has 0 aliphatic rings. The molecule has 4 aromatic rings. The van der Waals surface area contributed by atoms with Crippen molar-refractivity contribution >= 4 is 44.8 Å². The number of nitrogens with zero attached hydrogens (tertiary/aromatic N) is 1. The van der Waals surface area contributed by atoms with E-state index in [-0.39, 0.29) is 29.2 Å². The summed E-state index contributed by atoms with van der Waals surface area (Å²) < 4.78 is 34.2. The summed E-state index contributed by atoms with van der Waals surface area (Å²) in [5.41, 5.74) is 1.91. The monoisotopic (exact) mass is 554 g/mol. The standard InChI is InChI=1S/C28H24Cl2N2O4S/c1-36-23-13-15-24(16-14-23)37(34,35)32(19-20-7-3-2-4-8-20)27-10-6-5-9-25(27)28(33)31-18-21-11-12-22(29)17-26(21)30/h2-17H,18-19H2,1H3,(H,31,33). The van der Waals surface area contributed by atoms with Crippen molar-refractivity contribution in [1.29, 1.82) is 0 Å². The lowest BCUT2D eigenvalue weighted by atomic mass is 10.1. The lowest BCUT2D eigenvalue weighted by Gasteiger charge is -2.27. The predicted molar refractivity (Wildman–Crippen MR) is 147 cm³/mol. The number of hydrogen-bond acceptors (Lipinski definition) is 4. The van der Waals surface area contributed by atoms with Crippen molar-refractivity contribution in [2.75, 3.05) is 11.4 Å². The molecule has 4 aromatic carbocycles. The highest BCUT2D eigenvalue weighted by atomic mass is 35.5. The van der Waals surface area contributed by atoms with Crippen LogP contribution in [0, 0.1) is 0 Å². The summed E-state index contributed by atoms with van der Waals surface area (Å²) in [6, 6.07) is 26.9. The first-order chi connectivity index (χ1) is 17.8. The molecule has 9 heteroatoms. The number of halogens is 2. The Morgan fingerprint density at radius 2 is 1.57 bits per heavy atom. The van der Waals surface area contributed by atoms with Gasteiger partial charge in [0.15, 0.2) is 0 Å². The van der Waals surface area contributed by atoms with Crippen molar-refractivity contribution in [3.05, 3.63) is 124 Å². The molecule has 0 saturated heterocycles. The summed E-state index contributed by atoms with van der Waals surface area (Å²) in [6.07, 6.45) is 0. The summed E-state index contributed by atoms with van der Waals surface area (Å²) in [7, 11) is -2.54. The third-order valence-electron chi connectivity index (χ3n) is 5.69.